The van der Waals surface area contributed by atoms with Crippen molar-refractivity contribution in [1.29, 1.82) is 0 Å². The van der Waals surface area contributed by atoms with Gasteiger partial charge in [-0.05, 0) is 36.8 Å². The van der Waals surface area contributed by atoms with Crippen LogP contribution in [0, 0.1) is 11.8 Å². The number of esters is 2. The Kier molecular flexibility index (Phi) is 34.6. The molecule has 68 heavy (non-hydrogen) atoms. The van der Waals surface area contributed by atoms with Crippen LogP contribution in [0.2, 0.25) is 0 Å². The zero-order valence-electron chi connectivity index (χ0n) is 38.3. The number of rotatable bonds is 22. The van der Waals surface area contributed by atoms with E-state index in [1.807, 2.05) is 0 Å². The van der Waals surface area contributed by atoms with Gasteiger partial charge < -0.3 is 68.9 Å². The molecule has 18 heteroatoms. The molecule has 0 aliphatic rings. The molecular weight excluding hydrogens is 1270 g/mol. The normalized spacial score (nSPS) is 9.85. The Balaban J connectivity index is 0. The number of carboxylic acids is 6. The maximum absolute atomic E-state index is 12.4. The standard InChI is InChI=1S/C26H42O4.3C8H6O4.2Bi/c1-21(2)15-9-5-7-13-19-29-25(27)23-17-11-12-18-24(23)26(28)30-20-14-8-6-10-16-22(3)4;3*9-7(10)5-3-1-2-4-6(5)8(11)12;;/h11-12,17-18,21-22H,5-10,13-16,19-20H2,1-4H3;3*1-4H,(H,9,10)(H,11,12);;/q;;;;2*+3/p-6. The summed E-state index contributed by atoms with van der Waals surface area (Å²) in [6, 6.07) is 22.2. The molecule has 0 N–H and O–H groups in total. The van der Waals surface area contributed by atoms with Crippen molar-refractivity contribution < 1.29 is 78.5 Å². The summed E-state index contributed by atoms with van der Waals surface area (Å²) < 4.78 is 10.8. The molecule has 0 aliphatic heterocycles. The van der Waals surface area contributed by atoms with E-state index in [4.69, 9.17) is 9.47 Å². The van der Waals surface area contributed by atoms with Crippen LogP contribution < -0.4 is 30.6 Å². The summed E-state index contributed by atoms with van der Waals surface area (Å²) in [6.07, 6.45) is 11.1. The molecule has 4 aromatic carbocycles. The van der Waals surface area contributed by atoms with Crippen molar-refractivity contribution in [2.24, 2.45) is 11.8 Å². The number of carbonyl (C=O) groups is 8. The Morgan fingerprint density at radius 2 is 0.529 bits per heavy atom. The average Bonchev–Trinajstić information content (AvgIpc) is 3.28. The summed E-state index contributed by atoms with van der Waals surface area (Å²) in [4.78, 5) is 86.8. The number of unbranched alkanes of at least 4 members (excludes halogenated alkanes) is 6. The molecule has 16 nitrogen and oxygen atoms in total. The molecule has 0 aliphatic carbocycles. The minimum absolute atomic E-state index is 0. The van der Waals surface area contributed by atoms with Gasteiger partial charge >= 0.3 is 64.3 Å². The van der Waals surface area contributed by atoms with Crippen LogP contribution in [-0.4, -0.2) is 113 Å². The molecule has 0 atom stereocenters. The molecule has 4 rings (SSSR count). The Bertz CT molecular complexity index is 1910. The maximum Gasteiger partial charge on any atom is 3.00 e. The number of aromatic carboxylic acids is 6. The fourth-order valence-electron chi connectivity index (χ4n) is 5.86. The molecule has 0 unspecified atom stereocenters. The Morgan fingerprint density at radius 1 is 0.338 bits per heavy atom. The number of hydrogen-bond acceptors (Lipinski definition) is 16. The molecule has 0 amide bonds. The van der Waals surface area contributed by atoms with Crippen LogP contribution in [0.5, 0.6) is 0 Å². The fourth-order valence-corrected chi connectivity index (χ4v) is 5.86. The molecule has 0 bridgehead atoms. The third kappa shape index (κ3) is 26.1. The number of carbonyl (C=O) groups excluding carboxylic acids is 8. The van der Waals surface area contributed by atoms with Crippen molar-refractivity contribution in [3.05, 3.63) is 142 Å². The van der Waals surface area contributed by atoms with E-state index in [0.717, 1.165) is 86.8 Å². The van der Waals surface area contributed by atoms with E-state index in [2.05, 4.69) is 27.7 Å². The predicted octanol–water partition coefficient (Wildman–Crippen LogP) is 1.69. The first-order valence-electron chi connectivity index (χ1n) is 21.3. The smallest absolute Gasteiger partial charge is 0.545 e. The van der Waals surface area contributed by atoms with Gasteiger partial charge in [0.1, 0.15) is 0 Å². The predicted molar refractivity (Wildman–Crippen MR) is 240 cm³/mol. The van der Waals surface area contributed by atoms with Crippen LogP contribution in [-0.2, 0) is 9.47 Å². The molecule has 360 valence electrons. The van der Waals surface area contributed by atoms with Crippen LogP contribution in [0.4, 0.5) is 0 Å². The van der Waals surface area contributed by atoms with Gasteiger partial charge in [-0.3, -0.25) is 0 Å². The third-order valence-corrected chi connectivity index (χ3v) is 9.29. The summed E-state index contributed by atoms with van der Waals surface area (Å²) >= 11 is 0. The SMILES string of the molecule is CC(C)CCCCCCOC(=O)c1ccccc1C(=O)OCCCCCCC(C)C.O=C([O-])c1ccccc1C(=O)[O-].O=C([O-])c1ccccc1C(=O)[O-].O=C([O-])c1ccccc1C(=O)[O-].[Bi+3].[Bi+3]. The minimum atomic E-state index is -1.52. The van der Waals surface area contributed by atoms with Crippen molar-refractivity contribution in [2.45, 2.75) is 91.9 Å². The van der Waals surface area contributed by atoms with E-state index in [9.17, 15) is 69.0 Å². The van der Waals surface area contributed by atoms with Crippen molar-refractivity contribution in [3.63, 3.8) is 0 Å². The molecule has 0 saturated carbocycles. The summed E-state index contributed by atoms with van der Waals surface area (Å²) in [7, 11) is 0. The summed E-state index contributed by atoms with van der Waals surface area (Å²) in [6.45, 7) is 9.72. The molecular formula is C50H54Bi2O16. The van der Waals surface area contributed by atoms with Crippen molar-refractivity contribution in [3.8, 4) is 0 Å². The largest absolute Gasteiger partial charge is 3.00 e. The molecule has 4 radical (unpaired) electrons. The fraction of sp³-hybridized carbons (Fsp3) is 0.360. The second-order valence-electron chi connectivity index (χ2n) is 15.4. The Hall–Kier alpha value is -5.59. The zero-order valence-corrected chi connectivity index (χ0v) is 45.3. The van der Waals surface area contributed by atoms with E-state index in [0.29, 0.717) is 24.3 Å². The third-order valence-electron chi connectivity index (χ3n) is 9.29. The Labute approximate surface area is 434 Å². The van der Waals surface area contributed by atoms with Gasteiger partial charge in [-0.1, -0.05) is 164 Å². The summed E-state index contributed by atoms with van der Waals surface area (Å²) in [5, 5.41) is 61.9. The average molecular weight is 1330 g/mol. The first-order valence-corrected chi connectivity index (χ1v) is 21.3. The van der Waals surface area contributed by atoms with Crippen LogP contribution in [0.3, 0.4) is 0 Å². The molecule has 0 saturated heterocycles. The van der Waals surface area contributed by atoms with E-state index in [1.165, 1.54) is 62.1 Å². The van der Waals surface area contributed by atoms with E-state index in [1.54, 1.807) is 24.3 Å². The first-order chi connectivity index (χ1) is 31.3. The van der Waals surface area contributed by atoms with Crippen molar-refractivity contribution >= 4 is 100 Å². The molecule has 0 aromatic heterocycles. The van der Waals surface area contributed by atoms with Crippen molar-refractivity contribution in [1.82, 2.24) is 0 Å². The topological polar surface area (TPSA) is 293 Å². The van der Waals surface area contributed by atoms with Gasteiger partial charge in [0, 0.05) is 33.4 Å². The summed E-state index contributed by atoms with van der Waals surface area (Å²) in [5.41, 5.74) is -1.60. The molecule has 0 fully saturated rings. The first kappa shape index (κ1) is 64.5. The zero-order chi connectivity index (χ0) is 49.6. The van der Waals surface area contributed by atoms with Gasteiger partial charge in [-0.2, -0.15) is 0 Å². The van der Waals surface area contributed by atoms with Crippen LogP contribution in [0.15, 0.2) is 97.1 Å². The summed E-state index contributed by atoms with van der Waals surface area (Å²) in [5.74, 6) is -8.52. The number of hydrogen-bond donors (Lipinski definition) is 0. The van der Waals surface area contributed by atoms with Crippen molar-refractivity contribution in [2.75, 3.05) is 13.2 Å². The second-order valence-corrected chi connectivity index (χ2v) is 15.4. The van der Waals surface area contributed by atoms with E-state index in [-0.39, 0.29) is 85.8 Å². The van der Waals surface area contributed by atoms with E-state index >= 15 is 0 Å². The van der Waals surface area contributed by atoms with Crippen LogP contribution in [0.25, 0.3) is 0 Å². The van der Waals surface area contributed by atoms with Gasteiger partial charge in [-0.25, -0.2) is 9.59 Å². The second kappa shape index (κ2) is 36.4. The van der Waals surface area contributed by atoms with Crippen LogP contribution >= 0.6 is 0 Å². The maximum atomic E-state index is 12.4. The van der Waals surface area contributed by atoms with Crippen LogP contribution in [0.1, 0.15) is 175 Å². The monoisotopic (exact) mass is 1330 g/mol. The quantitative estimate of drug-likeness (QED) is 0.0615. The molecule has 0 spiro atoms. The van der Waals surface area contributed by atoms with Gasteiger partial charge in [0.2, 0.25) is 0 Å². The van der Waals surface area contributed by atoms with E-state index < -0.39 is 47.8 Å². The number of carboxylic acid groups (broad SMARTS) is 6. The molecule has 4 aromatic rings. The minimum Gasteiger partial charge on any atom is -0.545 e. The number of benzene rings is 4. The van der Waals surface area contributed by atoms with Gasteiger partial charge in [0.05, 0.1) is 60.2 Å². The number of ether oxygens (including phenoxy) is 2. The molecule has 0 heterocycles. The van der Waals surface area contributed by atoms with Gasteiger partial charge in [0.15, 0.2) is 0 Å². The van der Waals surface area contributed by atoms with Gasteiger partial charge in [-0.15, -0.1) is 0 Å². The Morgan fingerprint density at radius 3 is 0.721 bits per heavy atom. The van der Waals surface area contributed by atoms with Gasteiger partial charge in [0.25, 0.3) is 0 Å².